The minimum absolute atomic E-state index is 0.390. The number of hydrogen-bond donors (Lipinski definition) is 2. The van der Waals surface area contributed by atoms with E-state index < -0.39 is 6.03 Å². The van der Waals surface area contributed by atoms with Gasteiger partial charge in [-0.3, -0.25) is 0 Å². The largest absolute Gasteiger partial charge is 0.351 e. The van der Waals surface area contributed by atoms with E-state index >= 15 is 0 Å². The number of carbonyl (C=O) groups is 1. The van der Waals surface area contributed by atoms with E-state index in [1.54, 1.807) is 35.6 Å². The van der Waals surface area contributed by atoms with Crippen LogP contribution in [0.2, 0.25) is 0 Å². The summed E-state index contributed by atoms with van der Waals surface area (Å²) in [4.78, 5) is 33.4. The van der Waals surface area contributed by atoms with Gasteiger partial charge in [-0.05, 0) is 55.0 Å². The molecule has 2 fully saturated rings. The summed E-state index contributed by atoms with van der Waals surface area (Å²) < 4.78 is 0. The van der Waals surface area contributed by atoms with Gasteiger partial charge < -0.3 is 20.9 Å². The molecule has 3 N–H and O–H groups in total. The first-order valence-corrected chi connectivity index (χ1v) is 11.4. The molecule has 4 heterocycles. The van der Waals surface area contributed by atoms with Crippen LogP contribution in [-0.2, 0) is 0 Å². The summed E-state index contributed by atoms with van der Waals surface area (Å²) in [5, 5.41) is 12.4. The van der Waals surface area contributed by atoms with E-state index in [4.69, 9.17) is 16.0 Å². The summed E-state index contributed by atoms with van der Waals surface area (Å²) >= 11 is 0. The Kier molecular flexibility index (Phi) is 5.91. The maximum atomic E-state index is 11.5. The van der Waals surface area contributed by atoms with Crippen molar-refractivity contribution in [1.29, 1.82) is 5.26 Å². The molecule has 2 amide bonds. The quantitative estimate of drug-likeness (QED) is 0.599. The molecule has 1 saturated heterocycles. The number of rotatable bonds is 5. The number of amides is 2. The van der Waals surface area contributed by atoms with Gasteiger partial charge in [-0.2, -0.15) is 5.26 Å². The molecule has 1 aliphatic heterocycles. The van der Waals surface area contributed by atoms with E-state index in [1.807, 2.05) is 6.07 Å². The Hall–Kier alpha value is -4.26. The van der Waals surface area contributed by atoms with E-state index in [9.17, 15) is 4.79 Å². The second kappa shape index (κ2) is 9.31. The molecule has 3 aromatic heterocycles. The maximum Gasteiger partial charge on any atom is 0.314 e. The number of urea groups is 1. The number of hydrogen-bond acceptors (Lipinski definition) is 8. The monoisotopic (exact) mass is 455 g/mol. The Morgan fingerprint density at radius 3 is 2.62 bits per heavy atom. The van der Waals surface area contributed by atoms with Crippen LogP contribution in [0.25, 0.3) is 11.3 Å². The van der Waals surface area contributed by atoms with Crippen molar-refractivity contribution < 1.29 is 4.79 Å². The SMILES string of the molecule is N#Cc1ccnc(Nc2cc(C3CC3)cc(-c3cnc(N4CCCN(C(N)=O)CC4)nc3)n2)c1. The van der Waals surface area contributed by atoms with E-state index in [0.29, 0.717) is 48.7 Å². The number of carbonyl (C=O) groups excluding carboxylic acids is 1. The predicted octanol–water partition coefficient (Wildman–Crippen LogP) is 3.02. The van der Waals surface area contributed by atoms with Gasteiger partial charge in [-0.15, -0.1) is 0 Å². The van der Waals surface area contributed by atoms with Gasteiger partial charge in [0.1, 0.15) is 11.6 Å². The first-order chi connectivity index (χ1) is 16.6. The van der Waals surface area contributed by atoms with Gasteiger partial charge in [-0.1, -0.05) is 0 Å². The zero-order valence-electron chi connectivity index (χ0n) is 18.7. The van der Waals surface area contributed by atoms with Gasteiger partial charge in [0, 0.05) is 50.3 Å². The zero-order valence-corrected chi connectivity index (χ0v) is 18.7. The fraction of sp³-hybridized carbons (Fsp3) is 0.333. The highest BCUT2D eigenvalue weighted by atomic mass is 16.2. The van der Waals surface area contributed by atoms with Crippen molar-refractivity contribution in [1.82, 2.24) is 24.8 Å². The van der Waals surface area contributed by atoms with Crippen LogP contribution in [0.3, 0.4) is 0 Å². The van der Waals surface area contributed by atoms with E-state index in [0.717, 1.165) is 37.1 Å². The standard InChI is InChI=1S/C24H25N9O/c25-13-16-4-5-27-21(10-16)31-22-12-18(17-2-3-17)11-20(30-22)19-14-28-24(29-15-19)33-7-1-6-32(8-9-33)23(26)34/h4-5,10-12,14-15,17H,1-3,6-9H2,(H2,26,34)(H,27,30,31). The van der Waals surface area contributed by atoms with Crippen LogP contribution in [-0.4, -0.2) is 57.0 Å². The van der Waals surface area contributed by atoms with Crippen LogP contribution in [0.4, 0.5) is 22.4 Å². The molecule has 3 aromatic rings. The summed E-state index contributed by atoms with van der Waals surface area (Å²) in [6.45, 7) is 2.60. The Balaban J connectivity index is 1.37. The molecular weight excluding hydrogens is 430 g/mol. The number of primary amides is 1. The van der Waals surface area contributed by atoms with Crippen molar-refractivity contribution in [2.45, 2.75) is 25.2 Å². The minimum atomic E-state index is -0.390. The lowest BCUT2D eigenvalue weighted by Crippen LogP contribution is -2.38. The Bertz CT molecular complexity index is 1230. The van der Waals surface area contributed by atoms with Crippen molar-refractivity contribution in [3.63, 3.8) is 0 Å². The first kappa shape index (κ1) is 21.6. The molecule has 0 atom stereocenters. The van der Waals surface area contributed by atoms with E-state index in [1.165, 1.54) is 5.56 Å². The van der Waals surface area contributed by atoms with Gasteiger partial charge in [0.2, 0.25) is 5.95 Å². The van der Waals surface area contributed by atoms with Gasteiger partial charge in [0.05, 0.1) is 17.3 Å². The molecule has 0 radical (unpaired) electrons. The van der Waals surface area contributed by atoms with Crippen LogP contribution in [0, 0.1) is 11.3 Å². The van der Waals surface area contributed by atoms with Crippen molar-refractivity contribution >= 4 is 23.6 Å². The van der Waals surface area contributed by atoms with Gasteiger partial charge in [0.15, 0.2) is 0 Å². The highest BCUT2D eigenvalue weighted by Gasteiger charge is 2.25. The Morgan fingerprint density at radius 2 is 1.88 bits per heavy atom. The minimum Gasteiger partial charge on any atom is -0.351 e. The number of nitrogens with zero attached hydrogens (tertiary/aromatic N) is 7. The lowest BCUT2D eigenvalue weighted by atomic mass is 10.1. The summed E-state index contributed by atoms with van der Waals surface area (Å²) in [7, 11) is 0. The molecule has 0 bridgehead atoms. The highest BCUT2D eigenvalue weighted by molar-refractivity contribution is 5.72. The summed E-state index contributed by atoms with van der Waals surface area (Å²) in [5.41, 5.74) is 8.78. The highest BCUT2D eigenvalue weighted by Crippen LogP contribution is 2.42. The van der Waals surface area contributed by atoms with Crippen molar-refractivity contribution in [3.8, 4) is 17.3 Å². The second-order valence-corrected chi connectivity index (χ2v) is 8.55. The molecule has 10 nitrogen and oxygen atoms in total. The van der Waals surface area contributed by atoms with Gasteiger partial charge >= 0.3 is 6.03 Å². The number of anilines is 3. The van der Waals surface area contributed by atoms with E-state index in [-0.39, 0.29) is 0 Å². The number of nitriles is 1. The third-order valence-electron chi connectivity index (χ3n) is 6.07. The molecule has 34 heavy (non-hydrogen) atoms. The smallest absolute Gasteiger partial charge is 0.314 e. The molecule has 0 unspecified atom stereocenters. The average molecular weight is 456 g/mol. The molecule has 1 aliphatic carbocycles. The van der Waals surface area contributed by atoms with Crippen LogP contribution in [0.5, 0.6) is 0 Å². The van der Waals surface area contributed by atoms with E-state index in [2.05, 4.69) is 37.3 Å². The third-order valence-corrected chi connectivity index (χ3v) is 6.07. The predicted molar refractivity (Wildman–Crippen MR) is 127 cm³/mol. The lowest BCUT2D eigenvalue weighted by molar-refractivity contribution is 0.211. The Morgan fingerprint density at radius 1 is 1.06 bits per heavy atom. The Labute approximate surface area is 197 Å². The van der Waals surface area contributed by atoms with Crippen molar-refractivity contribution in [2.24, 2.45) is 5.73 Å². The lowest BCUT2D eigenvalue weighted by Gasteiger charge is -2.21. The number of nitrogens with one attached hydrogen (secondary N) is 1. The molecule has 0 aromatic carbocycles. The number of aromatic nitrogens is 4. The summed E-state index contributed by atoms with van der Waals surface area (Å²) in [6, 6.07) is 9.24. The molecular formula is C24H25N9O. The summed E-state index contributed by atoms with van der Waals surface area (Å²) in [6.07, 6.45) is 8.32. The molecule has 0 spiro atoms. The molecule has 10 heteroatoms. The average Bonchev–Trinajstić information content (AvgIpc) is 3.71. The molecule has 172 valence electrons. The maximum absolute atomic E-state index is 11.5. The molecule has 5 rings (SSSR count). The summed E-state index contributed by atoms with van der Waals surface area (Å²) in [5.74, 6) is 2.41. The van der Waals surface area contributed by atoms with Gasteiger partial charge in [0.25, 0.3) is 0 Å². The fourth-order valence-electron chi connectivity index (χ4n) is 4.07. The molecule has 1 saturated carbocycles. The van der Waals surface area contributed by atoms with Crippen molar-refractivity contribution in [3.05, 3.63) is 54.0 Å². The van der Waals surface area contributed by atoms with Crippen LogP contribution < -0.4 is 16.0 Å². The number of pyridine rings is 2. The topological polar surface area (TPSA) is 137 Å². The zero-order chi connectivity index (χ0) is 23.5. The number of nitrogens with two attached hydrogens (primary N) is 1. The van der Waals surface area contributed by atoms with Crippen LogP contribution >= 0.6 is 0 Å². The second-order valence-electron chi connectivity index (χ2n) is 8.55. The third kappa shape index (κ3) is 4.88. The van der Waals surface area contributed by atoms with Crippen molar-refractivity contribution in [2.75, 3.05) is 36.4 Å². The fourth-order valence-corrected chi connectivity index (χ4v) is 4.07. The molecule has 2 aliphatic rings. The first-order valence-electron chi connectivity index (χ1n) is 11.4. The normalized spacial score (nSPS) is 16.0. The van der Waals surface area contributed by atoms with Crippen LogP contribution in [0.15, 0.2) is 42.9 Å². The van der Waals surface area contributed by atoms with Gasteiger partial charge in [-0.25, -0.2) is 24.7 Å². The van der Waals surface area contributed by atoms with Crippen LogP contribution in [0.1, 0.15) is 36.3 Å².